The van der Waals surface area contributed by atoms with E-state index in [9.17, 15) is 4.79 Å². The first-order valence-corrected chi connectivity index (χ1v) is 3.85. The van der Waals surface area contributed by atoms with E-state index >= 15 is 0 Å². The maximum absolute atomic E-state index is 10.3. The fraction of sp³-hybridized carbons (Fsp3) is 0.800. The minimum Gasteiger partial charge on any atom is -0.480 e. The zero-order chi connectivity index (χ0) is 6.85. The molecule has 2 atom stereocenters. The number of aliphatic carboxylic acids is 1. The highest BCUT2D eigenvalue weighted by Gasteiger charge is 2.27. The van der Waals surface area contributed by atoms with Gasteiger partial charge < -0.3 is 10.8 Å². The molecule has 0 aromatic heterocycles. The van der Waals surface area contributed by atoms with Crippen molar-refractivity contribution < 1.29 is 9.90 Å². The lowest BCUT2D eigenvalue weighted by Crippen LogP contribution is -2.21. The van der Waals surface area contributed by atoms with E-state index < -0.39 is 5.97 Å². The van der Waals surface area contributed by atoms with Crippen molar-refractivity contribution in [3.05, 3.63) is 0 Å². The number of carbonyl (C=O) groups is 1. The van der Waals surface area contributed by atoms with E-state index in [4.69, 9.17) is 10.8 Å². The van der Waals surface area contributed by atoms with Crippen molar-refractivity contribution in [2.75, 3.05) is 5.75 Å². The van der Waals surface area contributed by atoms with Crippen LogP contribution >= 0.6 is 11.8 Å². The summed E-state index contributed by atoms with van der Waals surface area (Å²) < 4.78 is 0. The average molecular weight is 147 g/mol. The third kappa shape index (κ3) is 1.59. The van der Waals surface area contributed by atoms with Crippen molar-refractivity contribution in [2.24, 2.45) is 5.73 Å². The van der Waals surface area contributed by atoms with Gasteiger partial charge in [0, 0.05) is 11.8 Å². The highest BCUT2D eigenvalue weighted by atomic mass is 32.2. The van der Waals surface area contributed by atoms with E-state index in [1.54, 1.807) is 0 Å². The molecule has 0 amide bonds. The summed E-state index contributed by atoms with van der Waals surface area (Å²) in [6, 6.07) is 0.0936. The number of hydrogen-bond acceptors (Lipinski definition) is 3. The molecule has 52 valence electrons. The number of carboxylic acid groups (broad SMARTS) is 1. The number of hydrogen-bond donors (Lipinski definition) is 2. The van der Waals surface area contributed by atoms with Crippen LogP contribution in [0.1, 0.15) is 6.42 Å². The van der Waals surface area contributed by atoms with Crippen molar-refractivity contribution in [3.63, 3.8) is 0 Å². The Bertz CT molecular complexity index is 128. The van der Waals surface area contributed by atoms with Gasteiger partial charge in [-0.15, -0.1) is 11.8 Å². The fourth-order valence-corrected chi connectivity index (χ4v) is 1.96. The first-order chi connectivity index (χ1) is 4.20. The summed E-state index contributed by atoms with van der Waals surface area (Å²) in [6.07, 6.45) is 0.625. The molecule has 0 radical (unpaired) electrons. The van der Waals surface area contributed by atoms with Gasteiger partial charge in [-0.3, -0.25) is 4.79 Å². The maximum atomic E-state index is 10.3. The molecule has 0 aliphatic carbocycles. The van der Waals surface area contributed by atoms with Crippen molar-refractivity contribution in [1.82, 2.24) is 0 Å². The fourth-order valence-electron chi connectivity index (χ4n) is 0.823. The molecule has 1 aliphatic heterocycles. The summed E-state index contributed by atoms with van der Waals surface area (Å²) in [5, 5.41) is 8.20. The van der Waals surface area contributed by atoms with Crippen molar-refractivity contribution in [1.29, 1.82) is 0 Å². The normalized spacial score (nSPS) is 34.8. The van der Waals surface area contributed by atoms with Crippen LogP contribution in [0.15, 0.2) is 0 Å². The van der Waals surface area contributed by atoms with E-state index in [1.165, 1.54) is 11.8 Å². The zero-order valence-corrected chi connectivity index (χ0v) is 5.73. The Hall–Kier alpha value is -0.220. The van der Waals surface area contributed by atoms with Gasteiger partial charge in [0.2, 0.25) is 0 Å². The molecule has 4 heteroatoms. The topological polar surface area (TPSA) is 63.3 Å². The summed E-state index contributed by atoms with van der Waals surface area (Å²) in [7, 11) is 0. The summed E-state index contributed by atoms with van der Waals surface area (Å²) in [4.78, 5) is 10.3. The molecule has 3 N–H and O–H groups in total. The molecule has 1 heterocycles. The highest BCUT2D eigenvalue weighted by molar-refractivity contribution is 8.00. The Morgan fingerprint density at radius 2 is 2.44 bits per heavy atom. The number of rotatable bonds is 1. The first kappa shape index (κ1) is 6.89. The monoisotopic (exact) mass is 147 g/mol. The highest BCUT2D eigenvalue weighted by Crippen LogP contribution is 2.25. The van der Waals surface area contributed by atoms with Gasteiger partial charge in [-0.2, -0.15) is 0 Å². The average Bonchev–Trinajstić information content (AvgIpc) is 2.14. The van der Waals surface area contributed by atoms with Crippen LogP contribution in [0.5, 0.6) is 0 Å². The molecular weight excluding hydrogens is 138 g/mol. The van der Waals surface area contributed by atoms with Crippen LogP contribution in [0.4, 0.5) is 0 Å². The molecule has 0 aromatic rings. The van der Waals surface area contributed by atoms with E-state index in [0.717, 1.165) is 5.75 Å². The van der Waals surface area contributed by atoms with Crippen LogP contribution in [0, 0.1) is 0 Å². The van der Waals surface area contributed by atoms with Gasteiger partial charge in [-0.05, 0) is 6.42 Å². The Balaban J connectivity index is 2.39. The van der Waals surface area contributed by atoms with Crippen LogP contribution in [0.3, 0.4) is 0 Å². The quantitative estimate of drug-likeness (QED) is 0.544. The second-order valence-electron chi connectivity index (χ2n) is 2.16. The third-order valence-corrected chi connectivity index (χ3v) is 2.72. The van der Waals surface area contributed by atoms with Crippen molar-refractivity contribution in [3.8, 4) is 0 Å². The predicted molar refractivity (Wildman–Crippen MR) is 36.5 cm³/mol. The maximum Gasteiger partial charge on any atom is 0.316 e. The molecule has 1 rings (SSSR count). The smallest absolute Gasteiger partial charge is 0.316 e. The molecular formula is C5H9NO2S. The van der Waals surface area contributed by atoms with Gasteiger partial charge in [-0.1, -0.05) is 0 Å². The largest absolute Gasteiger partial charge is 0.480 e. The Labute approximate surface area is 57.6 Å². The molecule has 0 spiro atoms. The molecule has 2 unspecified atom stereocenters. The van der Waals surface area contributed by atoms with Gasteiger partial charge in [0.1, 0.15) is 5.25 Å². The molecule has 1 aliphatic rings. The number of thioether (sulfide) groups is 1. The molecule has 9 heavy (non-hydrogen) atoms. The minimum atomic E-state index is -0.729. The molecule has 0 aromatic carbocycles. The lowest BCUT2D eigenvalue weighted by atomic mass is 10.2. The third-order valence-electron chi connectivity index (χ3n) is 1.30. The van der Waals surface area contributed by atoms with Crippen molar-refractivity contribution in [2.45, 2.75) is 17.7 Å². The molecule has 1 fully saturated rings. The number of nitrogens with two attached hydrogens (primary N) is 1. The Morgan fingerprint density at radius 3 is 2.67 bits per heavy atom. The predicted octanol–water partition coefficient (Wildman–Crippen LogP) is -0.0962. The number of carboxylic acids is 1. The van der Waals surface area contributed by atoms with E-state index in [0.29, 0.717) is 6.42 Å². The second-order valence-corrected chi connectivity index (χ2v) is 3.39. The van der Waals surface area contributed by atoms with E-state index in [1.807, 2.05) is 0 Å². The van der Waals surface area contributed by atoms with Gasteiger partial charge in [0.15, 0.2) is 0 Å². The van der Waals surface area contributed by atoms with E-state index in [-0.39, 0.29) is 11.3 Å². The second kappa shape index (κ2) is 2.58. The standard InChI is InChI=1S/C5H9NO2S/c6-3-1-4(5(7)8)9-2-3/h3-4H,1-2,6H2,(H,7,8). The van der Waals surface area contributed by atoms with Gasteiger partial charge in [0.25, 0.3) is 0 Å². The molecule has 1 saturated heterocycles. The van der Waals surface area contributed by atoms with Crippen LogP contribution in [-0.4, -0.2) is 28.1 Å². The Morgan fingerprint density at radius 1 is 1.78 bits per heavy atom. The van der Waals surface area contributed by atoms with Gasteiger partial charge in [-0.25, -0.2) is 0 Å². The van der Waals surface area contributed by atoms with Crippen LogP contribution in [0.25, 0.3) is 0 Å². The van der Waals surface area contributed by atoms with E-state index in [2.05, 4.69) is 0 Å². The van der Waals surface area contributed by atoms with Crippen LogP contribution in [0.2, 0.25) is 0 Å². The summed E-state index contributed by atoms with van der Waals surface area (Å²) in [5.41, 5.74) is 5.48. The zero-order valence-electron chi connectivity index (χ0n) is 4.91. The SMILES string of the molecule is NC1CSC(C(=O)O)C1. The summed E-state index contributed by atoms with van der Waals surface area (Å²) >= 11 is 1.43. The van der Waals surface area contributed by atoms with Gasteiger partial charge >= 0.3 is 5.97 Å². The van der Waals surface area contributed by atoms with Gasteiger partial charge in [0.05, 0.1) is 0 Å². The molecule has 0 saturated carbocycles. The minimum absolute atomic E-state index is 0.0936. The lowest BCUT2D eigenvalue weighted by Gasteiger charge is -1.98. The van der Waals surface area contributed by atoms with Crippen molar-refractivity contribution >= 4 is 17.7 Å². The van der Waals surface area contributed by atoms with Crippen LogP contribution in [-0.2, 0) is 4.79 Å². The first-order valence-electron chi connectivity index (χ1n) is 2.80. The van der Waals surface area contributed by atoms with Crippen LogP contribution < -0.4 is 5.73 Å². The molecule has 0 bridgehead atoms. The lowest BCUT2D eigenvalue weighted by molar-refractivity contribution is -0.136. The molecule has 3 nitrogen and oxygen atoms in total. The summed E-state index contributed by atoms with van der Waals surface area (Å²) in [5.74, 6) is 0.0599. The Kier molecular flexibility index (Phi) is 1.97. The summed E-state index contributed by atoms with van der Waals surface area (Å²) in [6.45, 7) is 0.